The van der Waals surface area contributed by atoms with Crippen LogP contribution in [0.15, 0.2) is 59.8 Å². The molecule has 6 heteroatoms. The van der Waals surface area contributed by atoms with Crippen LogP contribution in [0.2, 0.25) is 0 Å². The van der Waals surface area contributed by atoms with Crippen LogP contribution in [0, 0.1) is 0 Å². The lowest BCUT2D eigenvalue weighted by Gasteiger charge is -2.38. The predicted octanol–water partition coefficient (Wildman–Crippen LogP) is 3.92. The molecule has 1 aliphatic heterocycles. The SMILES string of the molecule is COc1ccccc1C1CC(=O)N(c2ccc(C(=O)O)cc2)C2=C1C(=O)CCC2. The largest absolute Gasteiger partial charge is 0.496 e. The second kappa shape index (κ2) is 7.54. The second-order valence-electron chi connectivity index (χ2n) is 7.22. The molecule has 1 atom stereocenters. The monoisotopic (exact) mass is 391 g/mol. The number of hydrogen-bond donors (Lipinski definition) is 1. The topological polar surface area (TPSA) is 83.9 Å². The summed E-state index contributed by atoms with van der Waals surface area (Å²) in [5.74, 6) is -0.754. The van der Waals surface area contributed by atoms with Crippen LogP contribution in [-0.4, -0.2) is 29.9 Å². The van der Waals surface area contributed by atoms with Gasteiger partial charge in [-0.1, -0.05) is 18.2 Å². The van der Waals surface area contributed by atoms with E-state index in [1.807, 2.05) is 24.3 Å². The molecule has 1 amide bonds. The number of hydrogen-bond acceptors (Lipinski definition) is 4. The number of benzene rings is 2. The first-order valence-electron chi connectivity index (χ1n) is 9.56. The molecule has 2 aliphatic rings. The minimum Gasteiger partial charge on any atom is -0.496 e. The summed E-state index contributed by atoms with van der Waals surface area (Å²) >= 11 is 0. The van der Waals surface area contributed by atoms with Crippen molar-refractivity contribution in [1.29, 1.82) is 0 Å². The summed E-state index contributed by atoms with van der Waals surface area (Å²) in [6.07, 6.45) is 1.93. The number of carbonyl (C=O) groups excluding carboxylic acids is 2. The number of amides is 1. The molecular weight excluding hydrogens is 370 g/mol. The highest BCUT2D eigenvalue weighted by molar-refractivity contribution is 6.07. The van der Waals surface area contributed by atoms with E-state index < -0.39 is 5.97 Å². The number of carboxylic acid groups (broad SMARTS) is 1. The molecule has 1 aliphatic carbocycles. The van der Waals surface area contributed by atoms with E-state index in [4.69, 9.17) is 9.84 Å². The Balaban J connectivity index is 1.84. The Morgan fingerprint density at radius 1 is 1.07 bits per heavy atom. The summed E-state index contributed by atoms with van der Waals surface area (Å²) in [5.41, 5.74) is 2.96. The molecule has 2 aromatic carbocycles. The summed E-state index contributed by atoms with van der Waals surface area (Å²) in [6, 6.07) is 13.7. The van der Waals surface area contributed by atoms with E-state index in [0.717, 1.165) is 11.3 Å². The molecule has 2 aromatic rings. The second-order valence-corrected chi connectivity index (χ2v) is 7.22. The van der Waals surface area contributed by atoms with E-state index in [2.05, 4.69) is 0 Å². The number of anilines is 1. The maximum atomic E-state index is 13.2. The number of allylic oxidation sites excluding steroid dienone is 2. The highest BCUT2D eigenvalue weighted by Gasteiger charge is 2.40. The lowest BCUT2D eigenvalue weighted by Crippen LogP contribution is -2.40. The fraction of sp³-hybridized carbons (Fsp3) is 0.261. The van der Waals surface area contributed by atoms with Gasteiger partial charge < -0.3 is 9.84 Å². The average Bonchev–Trinajstić information content (AvgIpc) is 2.73. The van der Waals surface area contributed by atoms with E-state index >= 15 is 0 Å². The molecule has 0 radical (unpaired) electrons. The van der Waals surface area contributed by atoms with Crippen molar-refractivity contribution >= 4 is 23.3 Å². The molecule has 1 N–H and O–H groups in total. The first-order chi connectivity index (χ1) is 14.0. The minimum absolute atomic E-state index is 0.0572. The van der Waals surface area contributed by atoms with Crippen LogP contribution in [0.3, 0.4) is 0 Å². The van der Waals surface area contributed by atoms with Gasteiger partial charge in [0.15, 0.2) is 5.78 Å². The van der Waals surface area contributed by atoms with E-state index in [-0.39, 0.29) is 29.6 Å². The van der Waals surface area contributed by atoms with Gasteiger partial charge in [-0.05, 0) is 43.2 Å². The van der Waals surface area contributed by atoms with Crippen molar-refractivity contribution in [1.82, 2.24) is 0 Å². The lowest BCUT2D eigenvalue weighted by molar-refractivity contribution is -0.119. The summed E-state index contributed by atoms with van der Waals surface area (Å²) in [4.78, 5) is 38.8. The Morgan fingerprint density at radius 3 is 2.48 bits per heavy atom. The molecule has 0 fully saturated rings. The van der Waals surface area contributed by atoms with Gasteiger partial charge >= 0.3 is 5.97 Å². The number of carboxylic acids is 1. The van der Waals surface area contributed by atoms with Gasteiger partial charge in [0.25, 0.3) is 0 Å². The number of ketones is 1. The molecular formula is C23H21NO5. The van der Waals surface area contributed by atoms with Gasteiger partial charge in [0, 0.05) is 41.3 Å². The van der Waals surface area contributed by atoms with Crippen LogP contribution in [-0.2, 0) is 9.59 Å². The molecule has 0 bridgehead atoms. The van der Waals surface area contributed by atoms with Gasteiger partial charge in [0.05, 0.1) is 12.7 Å². The molecule has 0 saturated carbocycles. The van der Waals surface area contributed by atoms with Crippen molar-refractivity contribution in [2.24, 2.45) is 0 Å². The van der Waals surface area contributed by atoms with E-state index in [1.165, 1.54) is 12.1 Å². The predicted molar refractivity (Wildman–Crippen MR) is 107 cm³/mol. The van der Waals surface area contributed by atoms with Gasteiger partial charge in [0.2, 0.25) is 5.91 Å². The number of ether oxygens (including phenoxy) is 1. The standard InChI is InChI=1S/C23H21NO5/c1-29-20-8-3-2-5-16(20)17-13-21(26)24(18-6-4-7-19(25)22(17)18)15-11-9-14(10-12-15)23(27)28/h2-3,5,8-12,17H,4,6-7,13H2,1H3,(H,27,28). The molecule has 4 rings (SSSR count). The number of nitrogens with zero attached hydrogens (tertiary/aromatic N) is 1. The molecule has 6 nitrogen and oxygen atoms in total. The highest BCUT2D eigenvalue weighted by atomic mass is 16.5. The number of para-hydroxylation sites is 1. The number of Topliss-reactive ketones (excluding diaryl/α,β-unsaturated/α-hetero) is 1. The Morgan fingerprint density at radius 2 is 1.79 bits per heavy atom. The lowest BCUT2D eigenvalue weighted by atomic mass is 9.77. The van der Waals surface area contributed by atoms with E-state index in [1.54, 1.807) is 24.1 Å². The summed E-state index contributed by atoms with van der Waals surface area (Å²) < 4.78 is 5.48. The molecule has 29 heavy (non-hydrogen) atoms. The van der Waals surface area contributed by atoms with E-state index in [9.17, 15) is 14.4 Å². The normalized spacial score (nSPS) is 19.2. The quantitative estimate of drug-likeness (QED) is 0.854. The van der Waals surface area contributed by atoms with E-state index in [0.29, 0.717) is 36.3 Å². The third-order valence-corrected chi connectivity index (χ3v) is 5.56. The van der Waals surface area contributed by atoms with Crippen LogP contribution in [0.25, 0.3) is 0 Å². The molecule has 0 spiro atoms. The number of carbonyl (C=O) groups is 3. The summed E-state index contributed by atoms with van der Waals surface area (Å²) in [5, 5.41) is 9.12. The highest BCUT2D eigenvalue weighted by Crippen LogP contribution is 2.45. The minimum atomic E-state index is -1.02. The fourth-order valence-corrected chi connectivity index (χ4v) is 4.27. The summed E-state index contributed by atoms with van der Waals surface area (Å²) in [7, 11) is 1.58. The van der Waals surface area contributed by atoms with Gasteiger partial charge in [0.1, 0.15) is 5.75 Å². The maximum absolute atomic E-state index is 13.2. The Kier molecular flexibility index (Phi) is 4.92. The first kappa shape index (κ1) is 18.9. The van der Waals surface area contributed by atoms with Crippen molar-refractivity contribution < 1.29 is 24.2 Å². The van der Waals surface area contributed by atoms with Crippen LogP contribution >= 0.6 is 0 Å². The maximum Gasteiger partial charge on any atom is 0.335 e. The fourth-order valence-electron chi connectivity index (χ4n) is 4.27. The summed E-state index contributed by atoms with van der Waals surface area (Å²) in [6.45, 7) is 0. The van der Waals surface area contributed by atoms with Crippen molar-refractivity contribution in [3.05, 3.63) is 70.9 Å². The Hall–Kier alpha value is -3.41. The smallest absolute Gasteiger partial charge is 0.335 e. The van der Waals surface area contributed by atoms with Gasteiger partial charge in [-0.3, -0.25) is 14.5 Å². The van der Waals surface area contributed by atoms with Crippen molar-refractivity contribution in [2.75, 3.05) is 12.0 Å². The molecule has 1 heterocycles. The zero-order valence-corrected chi connectivity index (χ0v) is 16.1. The number of methoxy groups -OCH3 is 1. The third-order valence-electron chi connectivity index (χ3n) is 5.56. The van der Waals surface area contributed by atoms with Crippen LogP contribution in [0.4, 0.5) is 5.69 Å². The zero-order chi connectivity index (χ0) is 20.5. The Labute approximate surface area is 168 Å². The number of aromatic carboxylic acids is 1. The van der Waals surface area contributed by atoms with Crippen LogP contribution < -0.4 is 9.64 Å². The van der Waals surface area contributed by atoms with Gasteiger partial charge in [-0.25, -0.2) is 4.79 Å². The number of rotatable bonds is 4. The Bertz CT molecular complexity index is 1020. The van der Waals surface area contributed by atoms with Crippen molar-refractivity contribution in [3.63, 3.8) is 0 Å². The van der Waals surface area contributed by atoms with Crippen molar-refractivity contribution in [2.45, 2.75) is 31.6 Å². The molecule has 0 aromatic heterocycles. The first-order valence-corrected chi connectivity index (χ1v) is 9.56. The average molecular weight is 391 g/mol. The molecule has 0 saturated heterocycles. The van der Waals surface area contributed by atoms with Gasteiger partial charge in [-0.2, -0.15) is 0 Å². The van der Waals surface area contributed by atoms with Crippen LogP contribution in [0.1, 0.15) is 47.5 Å². The van der Waals surface area contributed by atoms with Crippen molar-refractivity contribution in [3.8, 4) is 5.75 Å². The zero-order valence-electron chi connectivity index (χ0n) is 16.1. The molecule has 1 unspecified atom stereocenters. The third kappa shape index (κ3) is 3.31. The van der Waals surface area contributed by atoms with Gasteiger partial charge in [-0.15, -0.1) is 0 Å². The molecule has 148 valence electrons. The van der Waals surface area contributed by atoms with Crippen LogP contribution in [0.5, 0.6) is 5.75 Å².